The molecule has 3 rings (SSSR count). The molecule has 2 amide bonds. The Balaban J connectivity index is 1.36. The molecule has 130 valence electrons. The maximum atomic E-state index is 12.3. The first-order valence-corrected chi connectivity index (χ1v) is 9.55. The molecule has 0 aromatic carbocycles. The van der Waals surface area contributed by atoms with Crippen LogP contribution in [0.15, 0.2) is 0 Å². The summed E-state index contributed by atoms with van der Waals surface area (Å²) in [5.74, 6) is 0.960. The lowest BCUT2D eigenvalue weighted by atomic mass is 9.85. The fourth-order valence-electron chi connectivity index (χ4n) is 4.42. The number of amides is 2. The minimum absolute atomic E-state index is 0.0450. The van der Waals surface area contributed by atoms with Gasteiger partial charge in [-0.15, -0.1) is 0 Å². The van der Waals surface area contributed by atoms with E-state index < -0.39 is 0 Å². The van der Waals surface area contributed by atoms with E-state index in [2.05, 4.69) is 10.6 Å². The zero-order valence-corrected chi connectivity index (χ0v) is 14.2. The summed E-state index contributed by atoms with van der Waals surface area (Å²) >= 11 is 0. The fourth-order valence-corrected chi connectivity index (χ4v) is 4.42. The highest BCUT2D eigenvalue weighted by atomic mass is 16.2. The minimum atomic E-state index is -0.0450. The molecular weight excluding hydrogens is 290 g/mol. The van der Waals surface area contributed by atoms with Crippen LogP contribution in [0.3, 0.4) is 0 Å². The summed E-state index contributed by atoms with van der Waals surface area (Å²) in [6.07, 6.45) is 11.2. The average molecular weight is 321 g/mol. The molecule has 3 aliphatic rings. The monoisotopic (exact) mass is 321 g/mol. The predicted molar refractivity (Wildman–Crippen MR) is 90.0 cm³/mol. The van der Waals surface area contributed by atoms with Gasteiger partial charge in [0.2, 0.25) is 11.8 Å². The van der Waals surface area contributed by atoms with Crippen molar-refractivity contribution in [1.29, 1.82) is 0 Å². The van der Waals surface area contributed by atoms with Gasteiger partial charge < -0.3 is 15.5 Å². The molecule has 1 aliphatic carbocycles. The van der Waals surface area contributed by atoms with E-state index in [4.69, 9.17) is 0 Å². The largest absolute Gasteiger partial charge is 0.354 e. The molecule has 0 aromatic heterocycles. The fraction of sp³-hybridized carbons (Fsp3) is 0.889. The van der Waals surface area contributed by atoms with Gasteiger partial charge >= 0.3 is 0 Å². The number of rotatable bonds is 4. The van der Waals surface area contributed by atoms with Gasteiger partial charge in [0.1, 0.15) is 0 Å². The normalized spacial score (nSPS) is 31.3. The molecule has 0 bridgehead atoms. The smallest absolute Gasteiger partial charge is 0.237 e. The molecule has 5 nitrogen and oxygen atoms in total. The molecular formula is C18H31N3O2. The van der Waals surface area contributed by atoms with Crippen LogP contribution in [-0.4, -0.2) is 48.4 Å². The molecule has 3 atom stereocenters. The third kappa shape index (κ3) is 4.46. The highest BCUT2D eigenvalue weighted by molar-refractivity contribution is 5.83. The number of nitrogens with zero attached hydrogens (tertiary/aromatic N) is 1. The first kappa shape index (κ1) is 16.7. The number of nitrogens with one attached hydrogen (secondary N) is 2. The molecule has 0 spiro atoms. The second kappa shape index (κ2) is 8.13. The second-order valence-corrected chi connectivity index (χ2v) is 7.44. The zero-order chi connectivity index (χ0) is 16.1. The van der Waals surface area contributed by atoms with E-state index in [-0.39, 0.29) is 17.9 Å². The summed E-state index contributed by atoms with van der Waals surface area (Å²) < 4.78 is 0. The third-order valence-corrected chi connectivity index (χ3v) is 5.78. The molecule has 0 aromatic rings. The Bertz CT molecular complexity index is 404. The van der Waals surface area contributed by atoms with Crippen molar-refractivity contribution in [3.8, 4) is 0 Å². The van der Waals surface area contributed by atoms with Crippen LogP contribution in [0.5, 0.6) is 0 Å². The highest BCUT2D eigenvalue weighted by Crippen LogP contribution is 2.33. The first-order chi connectivity index (χ1) is 11.2. The van der Waals surface area contributed by atoms with E-state index in [0.717, 1.165) is 32.4 Å². The topological polar surface area (TPSA) is 61.4 Å². The van der Waals surface area contributed by atoms with Gasteiger partial charge in [0.15, 0.2) is 0 Å². The number of fused-ring (bicyclic) bond motifs is 1. The van der Waals surface area contributed by atoms with Crippen molar-refractivity contribution in [2.24, 2.45) is 5.92 Å². The van der Waals surface area contributed by atoms with Crippen LogP contribution < -0.4 is 10.6 Å². The summed E-state index contributed by atoms with van der Waals surface area (Å²) in [5, 5.41) is 6.47. The summed E-state index contributed by atoms with van der Waals surface area (Å²) in [6.45, 7) is 2.25. The van der Waals surface area contributed by atoms with Crippen LogP contribution in [0.1, 0.15) is 64.2 Å². The standard InChI is InChI=1S/C18H31N3O2/c22-17(21-11-5-1-2-6-12-21)9-10-19-18(23)16-13-14-7-3-4-8-15(14)20-16/h14-16,20H,1-13H2,(H,19,23). The first-order valence-electron chi connectivity index (χ1n) is 9.55. The summed E-state index contributed by atoms with van der Waals surface area (Å²) in [4.78, 5) is 26.5. The zero-order valence-electron chi connectivity index (χ0n) is 14.2. The maximum absolute atomic E-state index is 12.3. The van der Waals surface area contributed by atoms with Crippen molar-refractivity contribution in [2.45, 2.75) is 76.3 Å². The molecule has 1 saturated carbocycles. The number of likely N-dealkylation sites (tertiary alicyclic amines) is 1. The van der Waals surface area contributed by atoms with Crippen molar-refractivity contribution >= 4 is 11.8 Å². The summed E-state index contributed by atoms with van der Waals surface area (Å²) in [6, 6.07) is 0.495. The number of carbonyl (C=O) groups excluding carboxylic acids is 2. The van der Waals surface area contributed by atoms with E-state index in [1.54, 1.807) is 0 Å². The van der Waals surface area contributed by atoms with E-state index in [1.807, 2.05) is 4.90 Å². The lowest BCUT2D eigenvalue weighted by Crippen LogP contribution is -2.44. The van der Waals surface area contributed by atoms with Crippen molar-refractivity contribution in [1.82, 2.24) is 15.5 Å². The van der Waals surface area contributed by atoms with E-state index in [0.29, 0.717) is 24.9 Å². The lowest BCUT2D eigenvalue weighted by Gasteiger charge is -2.24. The lowest BCUT2D eigenvalue weighted by molar-refractivity contribution is -0.131. The summed E-state index contributed by atoms with van der Waals surface area (Å²) in [7, 11) is 0. The van der Waals surface area contributed by atoms with Crippen LogP contribution in [0.25, 0.3) is 0 Å². The minimum Gasteiger partial charge on any atom is -0.354 e. The number of hydrogen-bond acceptors (Lipinski definition) is 3. The Morgan fingerprint density at radius 3 is 2.48 bits per heavy atom. The van der Waals surface area contributed by atoms with Crippen molar-refractivity contribution in [3.63, 3.8) is 0 Å². The molecule has 2 saturated heterocycles. The average Bonchev–Trinajstić information content (AvgIpc) is 2.81. The van der Waals surface area contributed by atoms with E-state index >= 15 is 0 Å². The molecule has 5 heteroatoms. The second-order valence-electron chi connectivity index (χ2n) is 7.44. The quantitative estimate of drug-likeness (QED) is 0.830. The molecule has 3 fully saturated rings. The van der Waals surface area contributed by atoms with Crippen LogP contribution >= 0.6 is 0 Å². The van der Waals surface area contributed by atoms with Crippen LogP contribution in [0.4, 0.5) is 0 Å². The molecule has 23 heavy (non-hydrogen) atoms. The van der Waals surface area contributed by atoms with Gasteiger partial charge in [-0.2, -0.15) is 0 Å². The van der Waals surface area contributed by atoms with Gasteiger partial charge in [0, 0.05) is 32.1 Å². The molecule has 2 N–H and O–H groups in total. The van der Waals surface area contributed by atoms with Gasteiger partial charge in [0.25, 0.3) is 0 Å². The van der Waals surface area contributed by atoms with E-state index in [9.17, 15) is 9.59 Å². The van der Waals surface area contributed by atoms with Crippen molar-refractivity contribution < 1.29 is 9.59 Å². The third-order valence-electron chi connectivity index (χ3n) is 5.78. The maximum Gasteiger partial charge on any atom is 0.237 e. The van der Waals surface area contributed by atoms with Gasteiger partial charge in [-0.25, -0.2) is 0 Å². The van der Waals surface area contributed by atoms with Gasteiger partial charge in [0.05, 0.1) is 6.04 Å². The van der Waals surface area contributed by atoms with Crippen molar-refractivity contribution in [2.75, 3.05) is 19.6 Å². The Kier molecular flexibility index (Phi) is 5.92. The van der Waals surface area contributed by atoms with Crippen LogP contribution in [0.2, 0.25) is 0 Å². The Labute approximate surface area is 139 Å². The van der Waals surface area contributed by atoms with Gasteiger partial charge in [-0.05, 0) is 38.0 Å². The number of hydrogen-bond donors (Lipinski definition) is 2. The predicted octanol–water partition coefficient (Wildman–Crippen LogP) is 1.82. The molecule has 0 radical (unpaired) electrons. The van der Waals surface area contributed by atoms with Gasteiger partial charge in [-0.1, -0.05) is 25.7 Å². The molecule has 3 unspecified atom stereocenters. The van der Waals surface area contributed by atoms with Gasteiger partial charge in [-0.3, -0.25) is 9.59 Å². The Morgan fingerprint density at radius 1 is 1.00 bits per heavy atom. The SMILES string of the molecule is O=C(NCCC(=O)N1CCCCCC1)C1CC2CCCCC2N1. The summed E-state index contributed by atoms with van der Waals surface area (Å²) in [5.41, 5.74) is 0. The van der Waals surface area contributed by atoms with Crippen LogP contribution in [-0.2, 0) is 9.59 Å². The van der Waals surface area contributed by atoms with Crippen molar-refractivity contribution in [3.05, 3.63) is 0 Å². The number of carbonyl (C=O) groups is 2. The molecule has 2 aliphatic heterocycles. The molecule has 2 heterocycles. The van der Waals surface area contributed by atoms with E-state index in [1.165, 1.54) is 38.5 Å². The Morgan fingerprint density at radius 2 is 1.74 bits per heavy atom. The highest BCUT2D eigenvalue weighted by Gasteiger charge is 2.38. The Hall–Kier alpha value is -1.10. The van der Waals surface area contributed by atoms with Crippen LogP contribution in [0, 0.1) is 5.92 Å².